The van der Waals surface area contributed by atoms with Gasteiger partial charge in [-0.15, -0.1) is 0 Å². The molecule has 1 aromatic carbocycles. The van der Waals surface area contributed by atoms with Crippen molar-refractivity contribution in [3.8, 4) is 6.07 Å². The molecule has 0 saturated carbocycles. The van der Waals surface area contributed by atoms with Gasteiger partial charge in [0.15, 0.2) is 0 Å². The second-order valence-corrected chi connectivity index (χ2v) is 3.72. The highest BCUT2D eigenvalue weighted by Gasteiger charge is 1.97. The van der Waals surface area contributed by atoms with Crippen molar-refractivity contribution in [3.63, 3.8) is 0 Å². The van der Waals surface area contributed by atoms with Crippen LogP contribution in [0.3, 0.4) is 0 Å². The molecule has 0 N–H and O–H groups in total. The molecule has 2 nitrogen and oxygen atoms in total. The summed E-state index contributed by atoms with van der Waals surface area (Å²) in [6.07, 6.45) is 1.46. The minimum atomic E-state index is 0.603. The Morgan fingerprint density at radius 3 is 2.64 bits per heavy atom. The van der Waals surface area contributed by atoms with E-state index in [2.05, 4.69) is 49.3 Å². The van der Waals surface area contributed by atoms with Crippen LogP contribution in [0.4, 0.5) is 0 Å². The molecule has 0 unspecified atom stereocenters. The van der Waals surface area contributed by atoms with Crippen LogP contribution in [0.1, 0.15) is 17.5 Å². The topological polar surface area (TPSA) is 27.0 Å². The Kier molecular flexibility index (Phi) is 4.15. The molecule has 0 aliphatic rings. The number of nitriles is 1. The molecule has 2 heteroatoms. The third-order valence-electron chi connectivity index (χ3n) is 2.02. The van der Waals surface area contributed by atoms with Crippen LogP contribution < -0.4 is 0 Å². The van der Waals surface area contributed by atoms with Crippen LogP contribution in [0.2, 0.25) is 0 Å². The minimum absolute atomic E-state index is 0.603. The van der Waals surface area contributed by atoms with Crippen LogP contribution in [-0.4, -0.2) is 19.0 Å². The van der Waals surface area contributed by atoms with Crippen molar-refractivity contribution >= 4 is 0 Å². The fourth-order valence-corrected chi connectivity index (χ4v) is 1.45. The van der Waals surface area contributed by atoms with Crippen LogP contribution in [-0.2, 0) is 13.0 Å². The zero-order chi connectivity index (χ0) is 10.4. The van der Waals surface area contributed by atoms with Crippen LogP contribution in [0, 0.1) is 11.3 Å². The Balaban J connectivity index is 2.65. The van der Waals surface area contributed by atoms with Gasteiger partial charge in [-0.1, -0.05) is 24.3 Å². The molecule has 74 valence electrons. The Morgan fingerprint density at radius 1 is 1.29 bits per heavy atom. The van der Waals surface area contributed by atoms with Gasteiger partial charge < -0.3 is 4.90 Å². The van der Waals surface area contributed by atoms with Gasteiger partial charge in [0.2, 0.25) is 0 Å². The summed E-state index contributed by atoms with van der Waals surface area (Å²) in [5, 5.41) is 8.48. The minimum Gasteiger partial charge on any atom is -0.305 e. The highest BCUT2D eigenvalue weighted by atomic mass is 15.0. The molecule has 0 aromatic heterocycles. The molecule has 0 aliphatic heterocycles. The molecule has 0 spiro atoms. The third kappa shape index (κ3) is 3.59. The standard InChI is InChI=1S/C12H16N2/c1-14(2)10-12-6-3-5-11(9-12)7-4-8-13/h3,5-6,9H,4,7,10H2,1-2H3. The predicted molar refractivity (Wildman–Crippen MR) is 57.8 cm³/mol. The van der Waals surface area contributed by atoms with E-state index in [9.17, 15) is 0 Å². The number of nitrogens with zero attached hydrogens (tertiary/aromatic N) is 2. The largest absolute Gasteiger partial charge is 0.305 e. The molecule has 0 saturated heterocycles. The lowest BCUT2D eigenvalue weighted by Crippen LogP contribution is -2.10. The molecule has 0 radical (unpaired) electrons. The van der Waals surface area contributed by atoms with Crippen molar-refractivity contribution in [3.05, 3.63) is 35.4 Å². The zero-order valence-corrected chi connectivity index (χ0v) is 8.83. The van der Waals surface area contributed by atoms with Crippen molar-refractivity contribution < 1.29 is 0 Å². The molecule has 0 bridgehead atoms. The van der Waals surface area contributed by atoms with E-state index in [1.807, 2.05) is 0 Å². The molecule has 14 heavy (non-hydrogen) atoms. The quantitative estimate of drug-likeness (QED) is 0.724. The summed E-state index contributed by atoms with van der Waals surface area (Å²) in [6, 6.07) is 10.6. The maximum absolute atomic E-state index is 8.48. The van der Waals surface area contributed by atoms with Crippen molar-refractivity contribution in [1.29, 1.82) is 5.26 Å². The highest BCUT2D eigenvalue weighted by Crippen LogP contribution is 2.08. The van der Waals surface area contributed by atoms with Gasteiger partial charge in [-0.3, -0.25) is 0 Å². The molecule has 0 atom stereocenters. The summed E-state index contributed by atoms with van der Waals surface area (Å²) in [7, 11) is 4.11. The molecule has 0 fully saturated rings. The fourth-order valence-electron chi connectivity index (χ4n) is 1.45. The molecule has 0 aliphatic carbocycles. The Morgan fingerprint density at radius 2 is 2.00 bits per heavy atom. The second-order valence-electron chi connectivity index (χ2n) is 3.72. The van der Waals surface area contributed by atoms with Gasteiger partial charge in [-0.2, -0.15) is 5.26 Å². The molecule has 0 heterocycles. The van der Waals surface area contributed by atoms with Gasteiger partial charge in [-0.05, 0) is 31.6 Å². The molecule has 1 aromatic rings. The summed E-state index contributed by atoms with van der Waals surface area (Å²) in [6.45, 7) is 0.959. The summed E-state index contributed by atoms with van der Waals surface area (Å²) >= 11 is 0. The number of aryl methyl sites for hydroxylation is 1. The monoisotopic (exact) mass is 188 g/mol. The predicted octanol–water partition coefficient (Wildman–Crippen LogP) is 2.20. The molecule has 0 amide bonds. The Hall–Kier alpha value is -1.33. The third-order valence-corrected chi connectivity index (χ3v) is 2.02. The van der Waals surface area contributed by atoms with E-state index in [1.54, 1.807) is 0 Å². The van der Waals surface area contributed by atoms with Gasteiger partial charge in [0.1, 0.15) is 0 Å². The number of benzene rings is 1. The first-order valence-electron chi connectivity index (χ1n) is 4.82. The van der Waals surface area contributed by atoms with Crippen LogP contribution in [0.5, 0.6) is 0 Å². The van der Waals surface area contributed by atoms with Gasteiger partial charge in [-0.25, -0.2) is 0 Å². The lowest BCUT2D eigenvalue weighted by Gasteiger charge is -2.10. The first-order chi connectivity index (χ1) is 6.72. The Labute approximate surface area is 85.8 Å². The van der Waals surface area contributed by atoms with Gasteiger partial charge in [0, 0.05) is 13.0 Å². The van der Waals surface area contributed by atoms with Crippen LogP contribution in [0.15, 0.2) is 24.3 Å². The smallest absolute Gasteiger partial charge is 0.0625 e. The van der Waals surface area contributed by atoms with Crippen LogP contribution >= 0.6 is 0 Å². The lowest BCUT2D eigenvalue weighted by atomic mass is 10.1. The van der Waals surface area contributed by atoms with Crippen molar-refractivity contribution in [1.82, 2.24) is 4.90 Å². The van der Waals surface area contributed by atoms with Crippen molar-refractivity contribution in [2.24, 2.45) is 0 Å². The van der Waals surface area contributed by atoms with E-state index in [1.165, 1.54) is 11.1 Å². The van der Waals surface area contributed by atoms with Gasteiger partial charge in [0.05, 0.1) is 6.07 Å². The van der Waals surface area contributed by atoms with Gasteiger partial charge >= 0.3 is 0 Å². The maximum Gasteiger partial charge on any atom is 0.0625 e. The van der Waals surface area contributed by atoms with E-state index in [-0.39, 0.29) is 0 Å². The van der Waals surface area contributed by atoms with E-state index in [0.717, 1.165) is 13.0 Å². The van der Waals surface area contributed by atoms with Crippen molar-refractivity contribution in [2.75, 3.05) is 14.1 Å². The fraction of sp³-hybridized carbons (Fsp3) is 0.417. The molecular formula is C12H16N2. The number of hydrogen-bond donors (Lipinski definition) is 0. The average Bonchev–Trinajstić information content (AvgIpc) is 2.14. The molecular weight excluding hydrogens is 172 g/mol. The van der Waals surface area contributed by atoms with E-state index < -0.39 is 0 Å². The van der Waals surface area contributed by atoms with E-state index in [0.29, 0.717) is 6.42 Å². The zero-order valence-electron chi connectivity index (χ0n) is 8.83. The van der Waals surface area contributed by atoms with Gasteiger partial charge in [0.25, 0.3) is 0 Å². The van der Waals surface area contributed by atoms with E-state index in [4.69, 9.17) is 5.26 Å². The van der Waals surface area contributed by atoms with E-state index >= 15 is 0 Å². The summed E-state index contributed by atoms with van der Waals surface area (Å²) in [4.78, 5) is 2.14. The number of hydrogen-bond acceptors (Lipinski definition) is 2. The first-order valence-corrected chi connectivity index (χ1v) is 4.82. The summed E-state index contributed by atoms with van der Waals surface area (Å²) in [5.74, 6) is 0. The highest BCUT2D eigenvalue weighted by molar-refractivity contribution is 5.23. The molecule has 1 rings (SSSR count). The number of rotatable bonds is 4. The first kappa shape index (κ1) is 10.7. The summed E-state index contributed by atoms with van der Waals surface area (Å²) < 4.78 is 0. The maximum atomic E-state index is 8.48. The van der Waals surface area contributed by atoms with Crippen LogP contribution in [0.25, 0.3) is 0 Å². The SMILES string of the molecule is CN(C)Cc1cccc(CCC#N)c1. The second kappa shape index (κ2) is 5.41. The average molecular weight is 188 g/mol. The Bertz CT molecular complexity index is 323. The normalized spacial score (nSPS) is 10.1. The van der Waals surface area contributed by atoms with Crippen molar-refractivity contribution in [2.45, 2.75) is 19.4 Å². The lowest BCUT2D eigenvalue weighted by molar-refractivity contribution is 0.402. The summed E-state index contributed by atoms with van der Waals surface area (Å²) in [5.41, 5.74) is 2.57.